The van der Waals surface area contributed by atoms with Gasteiger partial charge in [-0.3, -0.25) is 4.79 Å². The van der Waals surface area contributed by atoms with Gasteiger partial charge < -0.3 is 15.1 Å². The van der Waals surface area contributed by atoms with E-state index in [1.54, 1.807) is 19.0 Å². The highest BCUT2D eigenvalue weighted by Gasteiger charge is 2.21. The van der Waals surface area contributed by atoms with Gasteiger partial charge in [0.05, 0.1) is 0 Å². The minimum atomic E-state index is 0.0318. The maximum atomic E-state index is 11.8. The van der Waals surface area contributed by atoms with E-state index in [2.05, 4.69) is 52.5 Å². The van der Waals surface area contributed by atoms with E-state index in [1.807, 2.05) is 0 Å². The van der Waals surface area contributed by atoms with Gasteiger partial charge >= 0.3 is 0 Å². The first kappa shape index (κ1) is 18.3. The number of benzene rings is 1. The molecule has 0 atom stereocenters. The van der Waals surface area contributed by atoms with Gasteiger partial charge in [-0.25, -0.2) is 4.99 Å². The Balaban J connectivity index is 1.87. The monoisotopic (exact) mass is 330 g/mol. The summed E-state index contributed by atoms with van der Waals surface area (Å²) in [7, 11) is 3.53. The molecule has 1 aromatic carbocycles. The number of likely N-dealkylation sites (tertiary alicyclic amines) is 1. The van der Waals surface area contributed by atoms with Gasteiger partial charge in [-0.05, 0) is 37.7 Å². The molecule has 0 unspecified atom stereocenters. The summed E-state index contributed by atoms with van der Waals surface area (Å²) in [4.78, 5) is 20.1. The molecule has 1 aliphatic heterocycles. The molecule has 5 heteroatoms. The average Bonchev–Trinajstić information content (AvgIpc) is 2.60. The minimum Gasteiger partial charge on any atom is -0.357 e. The minimum absolute atomic E-state index is 0.0318. The number of likely N-dealkylation sites (N-methyl/N-ethyl adjacent to an activating group) is 1. The van der Waals surface area contributed by atoms with Crippen molar-refractivity contribution in [1.29, 1.82) is 0 Å². The largest absolute Gasteiger partial charge is 0.357 e. The van der Waals surface area contributed by atoms with Crippen LogP contribution >= 0.6 is 0 Å². The Bertz CT molecular complexity index is 534. The van der Waals surface area contributed by atoms with Crippen molar-refractivity contribution < 1.29 is 4.79 Å². The molecule has 1 aromatic rings. The fraction of sp³-hybridized carbons (Fsp3) is 0.579. The number of piperidine rings is 1. The highest BCUT2D eigenvalue weighted by molar-refractivity contribution is 5.84. The lowest BCUT2D eigenvalue weighted by Crippen LogP contribution is -2.46. The van der Waals surface area contributed by atoms with Crippen LogP contribution in [0, 0.1) is 5.92 Å². The third-order valence-electron chi connectivity index (χ3n) is 4.48. The molecule has 0 saturated carbocycles. The topological polar surface area (TPSA) is 47.9 Å². The van der Waals surface area contributed by atoms with Crippen LogP contribution in [0.25, 0.3) is 0 Å². The Hall–Kier alpha value is -2.04. The Labute approximate surface area is 145 Å². The van der Waals surface area contributed by atoms with E-state index in [9.17, 15) is 4.79 Å². The number of guanidine groups is 1. The number of nitrogens with zero attached hydrogens (tertiary/aromatic N) is 3. The number of hydrogen-bond donors (Lipinski definition) is 1. The average molecular weight is 330 g/mol. The molecule has 0 aliphatic carbocycles. The molecule has 0 spiro atoms. The first-order chi connectivity index (χ1) is 11.6. The van der Waals surface area contributed by atoms with Gasteiger partial charge in [0.2, 0.25) is 5.91 Å². The second kappa shape index (κ2) is 9.30. The molecule has 0 bridgehead atoms. The number of hydrogen-bond acceptors (Lipinski definition) is 2. The van der Waals surface area contributed by atoms with Crippen molar-refractivity contribution in [2.24, 2.45) is 10.9 Å². The molecule has 1 amide bonds. The van der Waals surface area contributed by atoms with Crippen molar-refractivity contribution in [2.45, 2.75) is 26.2 Å². The van der Waals surface area contributed by atoms with Crippen molar-refractivity contribution >= 4 is 11.9 Å². The van der Waals surface area contributed by atoms with E-state index in [1.165, 1.54) is 18.4 Å². The van der Waals surface area contributed by atoms with Gasteiger partial charge in [-0.1, -0.05) is 30.3 Å². The molecule has 1 aliphatic rings. The van der Waals surface area contributed by atoms with E-state index in [0.717, 1.165) is 37.9 Å². The quantitative estimate of drug-likeness (QED) is 0.663. The van der Waals surface area contributed by atoms with E-state index in [-0.39, 0.29) is 12.5 Å². The highest BCUT2D eigenvalue weighted by Crippen LogP contribution is 2.21. The van der Waals surface area contributed by atoms with Crippen LogP contribution < -0.4 is 5.32 Å². The predicted octanol–water partition coefficient (Wildman–Crippen LogP) is 1.99. The van der Waals surface area contributed by atoms with Gasteiger partial charge in [0.15, 0.2) is 5.96 Å². The maximum absolute atomic E-state index is 11.8. The van der Waals surface area contributed by atoms with Crippen LogP contribution in [0.1, 0.15) is 25.3 Å². The first-order valence-electron chi connectivity index (χ1n) is 8.87. The Morgan fingerprint density at radius 2 is 1.92 bits per heavy atom. The molecule has 1 N–H and O–H groups in total. The SMILES string of the molecule is CCNC(=NCC(=O)N(C)C)N1CCC(Cc2ccccc2)CC1. The molecule has 2 rings (SSSR count). The molecule has 24 heavy (non-hydrogen) atoms. The van der Waals surface area contributed by atoms with Crippen LogP contribution in [-0.4, -0.2) is 61.9 Å². The van der Waals surface area contributed by atoms with Gasteiger partial charge in [0.25, 0.3) is 0 Å². The zero-order chi connectivity index (χ0) is 17.4. The predicted molar refractivity (Wildman–Crippen MR) is 99.1 cm³/mol. The fourth-order valence-electron chi connectivity index (χ4n) is 3.01. The van der Waals surface area contributed by atoms with Gasteiger partial charge in [0.1, 0.15) is 6.54 Å². The molecule has 0 aromatic heterocycles. The summed E-state index contributed by atoms with van der Waals surface area (Å²) >= 11 is 0. The lowest BCUT2D eigenvalue weighted by Gasteiger charge is -2.34. The zero-order valence-electron chi connectivity index (χ0n) is 15.2. The number of amides is 1. The number of carbonyl (C=O) groups excluding carboxylic acids is 1. The van der Waals surface area contributed by atoms with Gasteiger partial charge in [-0.15, -0.1) is 0 Å². The smallest absolute Gasteiger partial charge is 0.243 e. The van der Waals surface area contributed by atoms with Crippen molar-refractivity contribution in [3.05, 3.63) is 35.9 Å². The first-order valence-corrected chi connectivity index (χ1v) is 8.87. The summed E-state index contributed by atoms with van der Waals surface area (Å²) in [5.74, 6) is 1.63. The Morgan fingerprint density at radius 3 is 2.50 bits per heavy atom. The molecule has 1 fully saturated rings. The summed E-state index contributed by atoms with van der Waals surface area (Å²) < 4.78 is 0. The van der Waals surface area contributed by atoms with Gasteiger partial charge in [-0.2, -0.15) is 0 Å². The van der Waals surface area contributed by atoms with E-state index >= 15 is 0 Å². The Kier molecular flexibility index (Phi) is 7.09. The van der Waals surface area contributed by atoms with Crippen molar-refractivity contribution in [3.63, 3.8) is 0 Å². The number of rotatable bonds is 5. The van der Waals surface area contributed by atoms with Crippen LogP contribution in [0.15, 0.2) is 35.3 Å². The third kappa shape index (κ3) is 5.55. The number of aliphatic imine (C=N–C) groups is 1. The molecule has 5 nitrogen and oxygen atoms in total. The summed E-state index contributed by atoms with van der Waals surface area (Å²) in [6, 6.07) is 10.7. The second-order valence-electron chi connectivity index (χ2n) is 6.58. The number of carbonyl (C=O) groups is 1. The zero-order valence-corrected chi connectivity index (χ0v) is 15.2. The maximum Gasteiger partial charge on any atom is 0.243 e. The second-order valence-corrected chi connectivity index (χ2v) is 6.58. The highest BCUT2D eigenvalue weighted by atomic mass is 16.2. The summed E-state index contributed by atoms with van der Waals surface area (Å²) in [6.45, 7) is 5.09. The van der Waals surface area contributed by atoms with Crippen LogP contribution in [0.2, 0.25) is 0 Å². The number of nitrogens with one attached hydrogen (secondary N) is 1. The van der Waals surface area contributed by atoms with Gasteiger partial charge in [0, 0.05) is 33.7 Å². The van der Waals surface area contributed by atoms with Crippen molar-refractivity contribution in [2.75, 3.05) is 40.3 Å². The molecular formula is C19H30N4O. The summed E-state index contributed by atoms with van der Waals surface area (Å²) in [6.07, 6.45) is 3.49. The van der Waals surface area contributed by atoms with Crippen LogP contribution in [-0.2, 0) is 11.2 Å². The van der Waals surface area contributed by atoms with E-state index in [0.29, 0.717) is 0 Å². The summed E-state index contributed by atoms with van der Waals surface area (Å²) in [5.41, 5.74) is 1.42. The summed E-state index contributed by atoms with van der Waals surface area (Å²) in [5, 5.41) is 3.32. The van der Waals surface area contributed by atoms with E-state index < -0.39 is 0 Å². The fourth-order valence-corrected chi connectivity index (χ4v) is 3.01. The Morgan fingerprint density at radius 1 is 1.25 bits per heavy atom. The van der Waals surface area contributed by atoms with Crippen LogP contribution in [0.5, 0.6) is 0 Å². The lowest BCUT2D eigenvalue weighted by molar-refractivity contribution is -0.127. The van der Waals surface area contributed by atoms with Crippen molar-refractivity contribution in [1.82, 2.24) is 15.1 Å². The third-order valence-corrected chi connectivity index (χ3v) is 4.48. The van der Waals surface area contributed by atoms with Crippen LogP contribution in [0.3, 0.4) is 0 Å². The van der Waals surface area contributed by atoms with Crippen LogP contribution in [0.4, 0.5) is 0 Å². The molecule has 132 valence electrons. The molecule has 0 radical (unpaired) electrons. The van der Waals surface area contributed by atoms with Crippen molar-refractivity contribution in [3.8, 4) is 0 Å². The molecule has 1 saturated heterocycles. The lowest BCUT2D eigenvalue weighted by atomic mass is 9.90. The van der Waals surface area contributed by atoms with E-state index in [4.69, 9.17) is 0 Å². The molecular weight excluding hydrogens is 300 g/mol. The molecule has 1 heterocycles. The standard InChI is InChI=1S/C19H30N4O/c1-4-20-19(21-15-18(24)22(2)3)23-12-10-17(11-13-23)14-16-8-6-5-7-9-16/h5-9,17H,4,10-15H2,1-3H3,(H,20,21). The normalized spacial score (nSPS) is 16.1.